The molecule has 0 aliphatic carbocycles. The van der Waals surface area contributed by atoms with E-state index in [-0.39, 0.29) is 6.04 Å². The number of pyridine rings is 1. The molecule has 2 heterocycles. The number of nitrogens with two attached hydrogens (primary N) is 1. The fourth-order valence-electron chi connectivity index (χ4n) is 1.45. The molecule has 2 N–H and O–H groups in total. The number of hydrogen-bond acceptors (Lipinski definition) is 6. The molecular weight excluding hydrogens is 218 g/mol. The first kappa shape index (κ1) is 11.7. The van der Waals surface area contributed by atoms with Gasteiger partial charge in [0.25, 0.3) is 5.89 Å². The summed E-state index contributed by atoms with van der Waals surface area (Å²) in [4.78, 5) is 10.4. The molecule has 17 heavy (non-hydrogen) atoms. The van der Waals surface area contributed by atoms with E-state index < -0.39 is 0 Å². The minimum absolute atomic E-state index is 0.258. The molecule has 0 radical (unpaired) electrons. The van der Waals surface area contributed by atoms with Crippen molar-refractivity contribution >= 4 is 0 Å². The van der Waals surface area contributed by atoms with E-state index >= 15 is 0 Å². The quantitative estimate of drug-likeness (QED) is 0.836. The first-order chi connectivity index (χ1) is 8.16. The maximum Gasteiger partial charge on any atom is 0.276 e. The molecule has 0 aromatic carbocycles. The molecule has 90 valence electrons. The maximum atomic E-state index is 5.94. The molecule has 1 atom stereocenters. The molecule has 2 rings (SSSR count). The standard InChI is InChI=1S/C11H15N5O/c1-16(2)7-8(12)10-14-11(17-15-10)9-5-3-4-6-13-9/h3-6,8H,7,12H2,1-2H3. The Morgan fingerprint density at radius 1 is 1.41 bits per heavy atom. The molecule has 1 unspecified atom stereocenters. The first-order valence-electron chi connectivity index (χ1n) is 5.32. The molecule has 6 heteroatoms. The summed E-state index contributed by atoms with van der Waals surface area (Å²) < 4.78 is 5.13. The van der Waals surface area contributed by atoms with E-state index in [1.807, 2.05) is 37.2 Å². The third kappa shape index (κ3) is 2.86. The molecule has 0 fully saturated rings. The lowest BCUT2D eigenvalue weighted by atomic mass is 10.3. The molecule has 6 nitrogen and oxygen atoms in total. The van der Waals surface area contributed by atoms with Crippen molar-refractivity contribution in [2.24, 2.45) is 5.73 Å². The summed E-state index contributed by atoms with van der Waals surface area (Å²) in [5.41, 5.74) is 6.60. The molecule has 0 saturated carbocycles. The van der Waals surface area contributed by atoms with Gasteiger partial charge in [0.1, 0.15) is 5.69 Å². The van der Waals surface area contributed by atoms with Crippen molar-refractivity contribution in [2.45, 2.75) is 6.04 Å². The molecule has 2 aromatic heterocycles. The fraction of sp³-hybridized carbons (Fsp3) is 0.364. The van der Waals surface area contributed by atoms with Gasteiger partial charge in [-0.05, 0) is 26.2 Å². The van der Waals surface area contributed by atoms with Gasteiger partial charge in [-0.15, -0.1) is 0 Å². The van der Waals surface area contributed by atoms with Gasteiger partial charge in [-0.3, -0.25) is 4.98 Å². The molecule has 0 bridgehead atoms. The van der Waals surface area contributed by atoms with Crippen molar-refractivity contribution < 1.29 is 4.52 Å². The van der Waals surface area contributed by atoms with E-state index in [1.54, 1.807) is 6.20 Å². The van der Waals surface area contributed by atoms with E-state index in [1.165, 1.54) is 0 Å². The Hall–Kier alpha value is -1.79. The highest BCUT2D eigenvalue weighted by Gasteiger charge is 2.16. The van der Waals surface area contributed by atoms with Gasteiger partial charge in [0.2, 0.25) is 0 Å². The van der Waals surface area contributed by atoms with Crippen molar-refractivity contribution in [3.8, 4) is 11.6 Å². The zero-order valence-corrected chi connectivity index (χ0v) is 9.87. The monoisotopic (exact) mass is 233 g/mol. The number of hydrogen-bond donors (Lipinski definition) is 1. The SMILES string of the molecule is CN(C)CC(N)c1noc(-c2ccccn2)n1. The molecule has 0 saturated heterocycles. The van der Waals surface area contributed by atoms with E-state index in [2.05, 4.69) is 15.1 Å². The summed E-state index contributed by atoms with van der Waals surface area (Å²) in [6, 6.07) is 5.26. The Balaban J connectivity index is 2.16. The second kappa shape index (κ2) is 5.03. The highest BCUT2D eigenvalue weighted by atomic mass is 16.5. The second-order valence-electron chi connectivity index (χ2n) is 4.04. The Bertz CT molecular complexity index is 468. The third-order valence-corrected chi connectivity index (χ3v) is 2.22. The van der Waals surface area contributed by atoms with Crippen LogP contribution in [0, 0.1) is 0 Å². The molecule has 0 spiro atoms. The Morgan fingerprint density at radius 3 is 2.88 bits per heavy atom. The van der Waals surface area contributed by atoms with Crippen molar-refractivity contribution in [3.05, 3.63) is 30.2 Å². The van der Waals surface area contributed by atoms with E-state index in [0.717, 1.165) is 0 Å². The fourth-order valence-corrected chi connectivity index (χ4v) is 1.45. The zero-order valence-electron chi connectivity index (χ0n) is 9.87. The van der Waals surface area contributed by atoms with Gasteiger partial charge in [-0.2, -0.15) is 4.98 Å². The van der Waals surface area contributed by atoms with Crippen LogP contribution in [0.25, 0.3) is 11.6 Å². The largest absolute Gasteiger partial charge is 0.332 e. The third-order valence-electron chi connectivity index (χ3n) is 2.22. The maximum absolute atomic E-state index is 5.94. The van der Waals surface area contributed by atoms with Gasteiger partial charge in [-0.25, -0.2) is 0 Å². The molecule has 0 amide bonds. The van der Waals surface area contributed by atoms with Gasteiger partial charge in [-0.1, -0.05) is 11.2 Å². The average molecular weight is 233 g/mol. The van der Waals surface area contributed by atoms with E-state index in [0.29, 0.717) is 24.0 Å². The zero-order chi connectivity index (χ0) is 12.3. The molecular formula is C11H15N5O. The average Bonchev–Trinajstić information content (AvgIpc) is 2.78. The predicted octanol–water partition coefficient (Wildman–Crippen LogP) is 0.693. The topological polar surface area (TPSA) is 81.1 Å². The molecule has 0 aliphatic heterocycles. The van der Waals surface area contributed by atoms with Crippen LogP contribution in [0.2, 0.25) is 0 Å². The summed E-state index contributed by atoms with van der Waals surface area (Å²) in [6.45, 7) is 0.668. The summed E-state index contributed by atoms with van der Waals surface area (Å²) in [5.74, 6) is 0.897. The van der Waals surface area contributed by atoms with Crippen molar-refractivity contribution in [1.82, 2.24) is 20.0 Å². The van der Waals surface area contributed by atoms with Crippen molar-refractivity contribution in [2.75, 3.05) is 20.6 Å². The van der Waals surface area contributed by atoms with Gasteiger partial charge in [0, 0.05) is 12.7 Å². The van der Waals surface area contributed by atoms with Crippen LogP contribution in [0.5, 0.6) is 0 Å². The van der Waals surface area contributed by atoms with Gasteiger partial charge in [0.15, 0.2) is 5.82 Å². The van der Waals surface area contributed by atoms with Crippen LogP contribution >= 0.6 is 0 Å². The number of nitrogens with zero attached hydrogens (tertiary/aromatic N) is 4. The smallest absolute Gasteiger partial charge is 0.276 e. The van der Waals surface area contributed by atoms with Crippen LogP contribution in [-0.2, 0) is 0 Å². The Labute approximate surface area is 99.5 Å². The normalized spacial score (nSPS) is 12.9. The van der Waals surface area contributed by atoms with Crippen LogP contribution < -0.4 is 5.73 Å². The number of rotatable bonds is 4. The number of likely N-dealkylation sites (N-methyl/N-ethyl adjacent to an activating group) is 1. The minimum atomic E-state index is -0.258. The molecule has 0 aliphatic rings. The van der Waals surface area contributed by atoms with E-state index in [4.69, 9.17) is 10.3 Å². The second-order valence-corrected chi connectivity index (χ2v) is 4.04. The lowest BCUT2D eigenvalue weighted by molar-refractivity contribution is 0.357. The summed E-state index contributed by atoms with van der Waals surface area (Å²) >= 11 is 0. The van der Waals surface area contributed by atoms with Crippen LogP contribution in [-0.4, -0.2) is 40.7 Å². The van der Waals surface area contributed by atoms with Crippen LogP contribution in [0.4, 0.5) is 0 Å². The Morgan fingerprint density at radius 2 is 2.24 bits per heavy atom. The Kier molecular flexibility index (Phi) is 3.46. The van der Waals surface area contributed by atoms with Gasteiger partial charge in [0.05, 0.1) is 6.04 Å². The van der Waals surface area contributed by atoms with Crippen molar-refractivity contribution in [3.63, 3.8) is 0 Å². The van der Waals surface area contributed by atoms with Crippen LogP contribution in [0.15, 0.2) is 28.9 Å². The van der Waals surface area contributed by atoms with Crippen LogP contribution in [0.3, 0.4) is 0 Å². The first-order valence-corrected chi connectivity index (χ1v) is 5.32. The minimum Gasteiger partial charge on any atom is -0.332 e. The summed E-state index contributed by atoms with van der Waals surface area (Å²) in [5, 5.41) is 3.87. The number of aromatic nitrogens is 3. The summed E-state index contributed by atoms with van der Waals surface area (Å²) in [6.07, 6.45) is 1.68. The van der Waals surface area contributed by atoms with E-state index in [9.17, 15) is 0 Å². The lowest BCUT2D eigenvalue weighted by Gasteiger charge is -2.12. The molecule has 2 aromatic rings. The lowest BCUT2D eigenvalue weighted by Crippen LogP contribution is -2.26. The van der Waals surface area contributed by atoms with Gasteiger partial charge < -0.3 is 15.2 Å². The summed E-state index contributed by atoms with van der Waals surface area (Å²) in [7, 11) is 3.89. The van der Waals surface area contributed by atoms with Gasteiger partial charge >= 0.3 is 0 Å². The van der Waals surface area contributed by atoms with Crippen LogP contribution in [0.1, 0.15) is 11.9 Å². The highest BCUT2D eigenvalue weighted by Crippen LogP contribution is 2.15. The van der Waals surface area contributed by atoms with Crippen molar-refractivity contribution in [1.29, 1.82) is 0 Å². The highest BCUT2D eigenvalue weighted by molar-refractivity contribution is 5.45. The predicted molar refractivity (Wildman–Crippen MR) is 63.0 cm³/mol.